The van der Waals surface area contributed by atoms with E-state index in [1.54, 1.807) is 0 Å². The van der Waals surface area contributed by atoms with Crippen LogP contribution >= 0.6 is 0 Å². The van der Waals surface area contributed by atoms with E-state index in [2.05, 4.69) is 5.32 Å². The summed E-state index contributed by atoms with van der Waals surface area (Å²) in [6.07, 6.45) is 0. The summed E-state index contributed by atoms with van der Waals surface area (Å²) in [4.78, 5) is 21.8. The molecular formula is C11H14N2O2. The first-order valence-corrected chi connectivity index (χ1v) is 4.61. The number of carbonyl (C=O) groups excluding carboxylic acids is 2. The molecule has 15 heavy (non-hydrogen) atoms. The minimum absolute atomic E-state index is 0.604. The van der Waals surface area contributed by atoms with Gasteiger partial charge in [0.05, 0.1) is 5.54 Å². The van der Waals surface area contributed by atoms with Crippen LogP contribution in [0.3, 0.4) is 0 Å². The highest BCUT2D eigenvalue weighted by Gasteiger charge is 2.24. The summed E-state index contributed by atoms with van der Waals surface area (Å²) in [6, 6.07) is 9.37. The highest BCUT2D eigenvalue weighted by molar-refractivity contribution is 6.34. The third-order valence-corrected chi connectivity index (χ3v) is 2.15. The van der Waals surface area contributed by atoms with Gasteiger partial charge in [0.1, 0.15) is 0 Å². The predicted octanol–water partition coefficient (Wildman–Crippen LogP) is 0.523. The molecule has 3 N–H and O–H groups in total. The number of benzene rings is 1. The Balaban J connectivity index is 2.85. The van der Waals surface area contributed by atoms with Gasteiger partial charge in [-0.15, -0.1) is 0 Å². The van der Waals surface area contributed by atoms with Crippen molar-refractivity contribution in [1.82, 2.24) is 5.32 Å². The van der Waals surface area contributed by atoms with Gasteiger partial charge in [0.25, 0.3) is 0 Å². The van der Waals surface area contributed by atoms with Gasteiger partial charge < -0.3 is 11.1 Å². The molecular weight excluding hydrogens is 192 g/mol. The van der Waals surface area contributed by atoms with Crippen molar-refractivity contribution in [2.24, 2.45) is 5.73 Å². The molecule has 0 saturated carbocycles. The minimum atomic E-state index is -0.973. The van der Waals surface area contributed by atoms with E-state index in [1.807, 2.05) is 44.2 Å². The maximum Gasteiger partial charge on any atom is 0.309 e. The van der Waals surface area contributed by atoms with Crippen LogP contribution in [0.15, 0.2) is 30.3 Å². The lowest BCUT2D eigenvalue weighted by Crippen LogP contribution is -2.46. The molecule has 0 aliphatic heterocycles. The molecule has 4 nitrogen and oxygen atoms in total. The van der Waals surface area contributed by atoms with Crippen molar-refractivity contribution in [1.29, 1.82) is 0 Å². The van der Waals surface area contributed by atoms with Crippen molar-refractivity contribution in [2.75, 3.05) is 0 Å². The van der Waals surface area contributed by atoms with Crippen LogP contribution in [0.25, 0.3) is 0 Å². The normalized spacial score (nSPS) is 10.8. The van der Waals surface area contributed by atoms with Crippen LogP contribution in [0.1, 0.15) is 19.4 Å². The average Bonchev–Trinajstić information content (AvgIpc) is 2.18. The molecule has 0 spiro atoms. The van der Waals surface area contributed by atoms with Crippen LogP contribution in [0.5, 0.6) is 0 Å². The summed E-state index contributed by atoms with van der Waals surface area (Å²) >= 11 is 0. The van der Waals surface area contributed by atoms with Gasteiger partial charge in [0, 0.05) is 0 Å². The molecule has 2 amide bonds. The number of primary amides is 1. The Labute approximate surface area is 88.5 Å². The monoisotopic (exact) mass is 206 g/mol. The fraction of sp³-hybridized carbons (Fsp3) is 0.273. The number of rotatable bonds is 2. The molecule has 1 aromatic carbocycles. The van der Waals surface area contributed by atoms with Crippen molar-refractivity contribution in [3.63, 3.8) is 0 Å². The van der Waals surface area contributed by atoms with E-state index in [1.165, 1.54) is 0 Å². The maximum atomic E-state index is 11.1. The Morgan fingerprint density at radius 3 is 2.20 bits per heavy atom. The first-order valence-electron chi connectivity index (χ1n) is 4.61. The molecule has 0 atom stereocenters. The number of hydrogen-bond donors (Lipinski definition) is 2. The van der Waals surface area contributed by atoms with Gasteiger partial charge >= 0.3 is 11.8 Å². The smallest absolute Gasteiger partial charge is 0.309 e. The van der Waals surface area contributed by atoms with E-state index >= 15 is 0 Å². The van der Waals surface area contributed by atoms with Gasteiger partial charge in [-0.1, -0.05) is 30.3 Å². The Hall–Kier alpha value is -1.84. The Morgan fingerprint density at radius 1 is 1.20 bits per heavy atom. The number of hydrogen-bond acceptors (Lipinski definition) is 2. The van der Waals surface area contributed by atoms with Gasteiger partial charge in [-0.05, 0) is 19.4 Å². The summed E-state index contributed by atoms with van der Waals surface area (Å²) in [6.45, 7) is 3.62. The molecule has 4 heteroatoms. The van der Waals surface area contributed by atoms with Crippen LogP contribution in [0, 0.1) is 0 Å². The predicted molar refractivity (Wildman–Crippen MR) is 56.8 cm³/mol. The standard InChI is InChI=1S/C11H14N2O2/c1-11(2,13-10(15)9(12)14)8-6-4-3-5-7-8/h3-7H,1-2H3,(H2,12,14)(H,13,15). The highest BCUT2D eigenvalue weighted by atomic mass is 16.2. The van der Waals surface area contributed by atoms with Crippen molar-refractivity contribution < 1.29 is 9.59 Å². The number of carbonyl (C=O) groups is 2. The molecule has 0 aromatic heterocycles. The molecule has 0 aliphatic rings. The quantitative estimate of drug-likeness (QED) is 0.692. The molecule has 0 unspecified atom stereocenters. The van der Waals surface area contributed by atoms with Crippen LogP contribution in [-0.2, 0) is 15.1 Å². The lowest BCUT2D eigenvalue weighted by atomic mass is 9.94. The van der Waals surface area contributed by atoms with Crippen molar-refractivity contribution >= 4 is 11.8 Å². The van der Waals surface area contributed by atoms with E-state index in [4.69, 9.17) is 5.73 Å². The molecule has 0 saturated heterocycles. The summed E-state index contributed by atoms with van der Waals surface area (Å²) in [5.74, 6) is -1.75. The fourth-order valence-corrected chi connectivity index (χ4v) is 1.27. The van der Waals surface area contributed by atoms with E-state index in [0.29, 0.717) is 0 Å². The zero-order valence-electron chi connectivity index (χ0n) is 8.78. The average molecular weight is 206 g/mol. The van der Waals surface area contributed by atoms with Crippen LogP contribution in [0.4, 0.5) is 0 Å². The summed E-state index contributed by atoms with van der Waals surface area (Å²) in [7, 11) is 0. The van der Waals surface area contributed by atoms with Crippen molar-refractivity contribution in [3.05, 3.63) is 35.9 Å². The van der Waals surface area contributed by atoms with Gasteiger partial charge in [-0.25, -0.2) is 0 Å². The topological polar surface area (TPSA) is 72.2 Å². The van der Waals surface area contributed by atoms with Gasteiger partial charge in [-0.2, -0.15) is 0 Å². The zero-order chi connectivity index (χ0) is 11.5. The van der Waals surface area contributed by atoms with Gasteiger partial charge in [0.15, 0.2) is 0 Å². The second-order valence-corrected chi connectivity index (χ2v) is 3.81. The van der Waals surface area contributed by atoms with Crippen molar-refractivity contribution in [3.8, 4) is 0 Å². The molecule has 0 aliphatic carbocycles. The molecule has 1 rings (SSSR count). The molecule has 80 valence electrons. The third kappa shape index (κ3) is 2.80. The van der Waals surface area contributed by atoms with E-state index in [9.17, 15) is 9.59 Å². The summed E-state index contributed by atoms with van der Waals surface area (Å²) in [5, 5.41) is 2.56. The highest BCUT2D eigenvalue weighted by Crippen LogP contribution is 2.18. The first-order chi connectivity index (χ1) is 6.93. The Kier molecular flexibility index (Phi) is 3.09. The second-order valence-electron chi connectivity index (χ2n) is 3.81. The van der Waals surface area contributed by atoms with Gasteiger partial charge in [-0.3, -0.25) is 9.59 Å². The number of amides is 2. The van der Waals surface area contributed by atoms with Gasteiger partial charge in [0.2, 0.25) is 0 Å². The Morgan fingerprint density at radius 2 is 1.73 bits per heavy atom. The number of nitrogens with one attached hydrogen (secondary N) is 1. The molecule has 0 fully saturated rings. The van der Waals surface area contributed by atoms with Crippen LogP contribution in [-0.4, -0.2) is 11.8 Å². The lowest BCUT2D eigenvalue weighted by molar-refractivity contribution is -0.138. The zero-order valence-corrected chi connectivity index (χ0v) is 8.78. The fourth-order valence-electron chi connectivity index (χ4n) is 1.27. The van der Waals surface area contributed by atoms with Crippen LogP contribution in [0.2, 0.25) is 0 Å². The number of nitrogens with two attached hydrogens (primary N) is 1. The third-order valence-electron chi connectivity index (χ3n) is 2.15. The van der Waals surface area contributed by atoms with E-state index in [-0.39, 0.29) is 0 Å². The summed E-state index contributed by atoms with van der Waals surface area (Å²) in [5.41, 5.74) is 5.18. The minimum Gasteiger partial charge on any atom is -0.361 e. The Bertz CT molecular complexity index is 371. The second kappa shape index (κ2) is 4.13. The maximum absolute atomic E-state index is 11.1. The molecule has 1 aromatic rings. The van der Waals surface area contributed by atoms with Crippen LogP contribution < -0.4 is 11.1 Å². The molecule has 0 bridgehead atoms. The largest absolute Gasteiger partial charge is 0.361 e. The summed E-state index contributed by atoms with van der Waals surface area (Å²) < 4.78 is 0. The lowest BCUT2D eigenvalue weighted by Gasteiger charge is -2.26. The first kappa shape index (κ1) is 11.2. The van der Waals surface area contributed by atoms with Crippen molar-refractivity contribution in [2.45, 2.75) is 19.4 Å². The molecule has 0 radical (unpaired) electrons. The SMILES string of the molecule is CC(C)(NC(=O)C(N)=O)c1ccccc1. The molecule has 0 heterocycles. The van der Waals surface area contributed by atoms with E-state index in [0.717, 1.165) is 5.56 Å². The van der Waals surface area contributed by atoms with E-state index < -0.39 is 17.4 Å².